The minimum absolute atomic E-state index is 0.0351. The smallest absolute Gasteiger partial charge is 0.178 e. The fourth-order valence-corrected chi connectivity index (χ4v) is 4.58. The summed E-state index contributed by atoms with van der Waals surface area (Å²) in [5, 5.41) is 3.88. The summed E-state index contributed by atoms with van der Waals surface area (Å²) >= 11 is 12.0. The van der Waals surface area contributed by atoms with Crippen LogP contribution in [0.4, 0.5) is 0 Å². The first-order valence-electron chi connectivity index (χ1n) is 5.34. The molecule has 0 fully saturated rings. The lowest BCUT2D eigenvalue weighted by Gasteiger charge is -2.18. The van der Waals surface area contributed by atoms with Gasteiger partial charge in [-0.1, -0.05) is 23.2 Å². The van der Waals surface area contributed by atoms with Gasteiger partial charge in [-0.15, -0.1) is 0 Å². The van der Waals surface area contributed by atoms with Crippen molar-refractivity contribution in [1.82, 2.24) is 5.32 Å². The molecule has 0 bridgehead atoms. The predicted octanol–water partition coefficient (Wildman–Crippen LogP) is 2.82. The van der Waals surface area contributed by atoms with E-state index in [-0.39, 0.29) is 16.7 Å². The second kappa shape index (κ2) is 4.76. The van der Waals surface area contributed by atoms with E-state index in [4.69, 9.17) is 23.2 Å². The molecular weight excluding hydrogens is 281 g/mol. The summed E-state index contributed by atoms with van der Waals surface area (Å²) in [5.74, 6) is 0.148. The average molecular weight is 294 g/mol. The van der Waals surface area contributed by atoms with Crippen LogP contribution in [0.2, 0.25) is 10.0 Å². The topological polar surface area (TPSA) is 46.2 Å². The third kappa shape index (κ3) is 2.45. The zero-order valence-corrected chi connectivity index (χ0v) is 11.7. The molecule has 3 nitrogen and oxygen atoms in total. The maximum Gasteiger partial charge on any atom is 0.178 e. The zero-order chi connectivity index (χ0) is 12.6. The lowest BCUT2D eigenvalue weighted by atomic mass is 10.0. The van der Waals surface area contributed by atoms with Gasteiger partial charge in [0, 0.05) is 21.7 Å². The molecule has 1 aliphatic heterocycles. The van der Waals surface area contributed by atoms with E-state index in [0.717, 1.165) is 6.42 Å². The summed E-state index contributed by atoms with van der Waals surface area (Å²) in [6.07, 6.45) is 1.38. The number of nitrogens with one attached hydrogen (secondary N) is 1. The predicted molar refractivity (Wildman–Crippen MR) is 69.5 cm³/mol. The molecule has 17 heavy (non-hydrogen) atoms. The zero-order valence-electron chi connectivity index (χ0n) is 9.33. The summed E-state index contributed by atoms with van der Waals surface area (Å²) in [4.78, 5) is 0.270. The van der Waals surface area contributed by atoms with E-state index in [1.807, 2.05) is 0 Å². The average Bonchev–Trinajstić information content (AvgIpc) is 2.36. The molecule has 0 radical (unpaired) electrons. The van der Waals surface area contributed by atoms with Crippen molar-refractivity contribution in [2.24, 2.45) is 0 Å². The quantitative estimate of drug-likeness (QED) is 0.866. The van der Waals surface area contributed by atoms with Crippen LogP contribution >= 0.6 is 23.2 Å². The van der Waals surface area contributed by atoms with Gasteiger partial charge >= 0.3 is 0 Å². The SMILES string of the molecule is CNC1CCCS(=O)(=O)c2cc(Cl)cc(Cl)c21. The van der Waals surface area contributed by atoms with Crippen LogP contribution in [0.5, 0.6) is 0 Å². The number of halogens is 2. The van der Waals surface area contributed by atoms with E-state index in [9.17, 15) is 8.42 Å². The Morgan fingerprint density at radius 1 is 1.35 bits per heavy atom. The van der Waals surface area contributed by atoms with Gasteiger partial charge in [0.25, 0.3) is 0 Å². The summed E-state index contributed by atoms with van der Waals surface area (Å²) < 4.78 is 24.2. The fourth-order valence-electron chi connectivity index (χ4n) is 2.18. The van der Waals surface area contributed by atoms with E-state index >= 15 is 0 Å². The molecule has 6 heteroatoms. The van der Waals surface area contributed by atoms with Crippen LogP contribution in [0.25, 0.3) is 0 Å². The largest absolute Gasteiger partial charge is 0.313 e. The highest BCUT2D eigenvalue weighted by Crippen LogP contribution is 2.37. The van der Waals surface area contributed by atoms with Crippen LogP contribution in [-0.4, -0.2) is 21.2 Å². The standard InChI is InChI=1S/C11H13Cl2NO2S/c1-14-9-3-2-4-17(15,16)10-6-7(12)5-8(13)11(9)10/h5-6,9,14H,2-4H2,1H3. The minimum Gasteiger partial charge on any atom is -0.313 e. The van der Waals surface area contributed by atoms with Gasteiger partial charge in [0.05, 0.1) is 10.6 Å². The normalized spacial score (nSPS) is 22.9. The molecule has 1 unspecified atom stereocenters. The van der Waals surface area contributed by atoms with E-state index in [1.54, 1.807) is 13.1 Å². The lowest BCUT2D eigenvalue weighted by Crippen LogP contribution is -2.17. The first-order chi connectivity index (χ1) is 7.95. The van der Waals surface area contributed by atoms with E-state index < -0.39 is 9.84 Å². The Kier molecular flexibility index (Phi) is 3.69. The molecule has 1 aromatic rings. The van der Waals surface area contributed by atoms with Gasteiger partial charge in [-0.2, -0.15) is 0 Å². The molecule has 0 saturated carbocycles. The van der Waals surface area contributed by atoms with E-state index in [2.05, 4.69) is 5.32 Å². The molecule has 1 aliphatic rings. The summed E-state index contributed by atoms with van der Waals surface area (Å²) in [5.41, 5.74) is 0.649. The second-order valence-corrected chi connectivity index (χ2v) is 7.02. The second-order valence-electron chi connectivity index (χ2n) is 4.10. The van der Waals surface area contributed by atoms with Crippen LogP contribution in [0.1, 0.15) is 24.4 Å². The van der Waals surface area contributed by atoms with Gasteiger partial charge in [-0.25, -0.2) is 8.42 Å². The van der Waals surface area contributed by atoms with Crippen molar-refractivity contribution in [2.75, 3.05) is 12.8 Å². The van der Waals surface area contributed by atoms with Gasteiger partial charge in [0.1, 0.15) is 0 Å². The van der Waals surface area contributed by atoms with Gasteiger partial charge < -0.3 is 5.32 Å². The van der Waals surface area contributed by atoms with E-state index in [0.29, 0.717) is 22.0 Å². The Morgan fingerprint density at radius 2 is 2.06 bits per heavy atom. The maximum absolute atomic E-state index is 12.1. The molecule has 0 saturated heterocycles. The molecule has 1 heterocycles. The molecule has 0 aromatic heterocycles. The van der Waals surface area contributed by atoms with Crippen molar-refractivity contribution >= 4 is 33.0 Å². The van der Waals surface area contributed by atoms with Crippen LogP contribution in [-0.2, 0) is 9.84 Å². The van der Waals surface area contributed by atoms with Crippen molar-refractivity contribution in [3.05, 3.63) is 27.7 Å². The van der Waals surface area contributed by atoms with Crippen LogP contribution in [0, 0.1) is 0 Å². The van der Waals surface area contributed by atoms with E-state index in [1.165, 1.54) is 6.07 Å². The maximum atomic E-state index is 12.1. The molecule has 1 aromatic carbocycles. The highest BCUT2D eigenvalue weighted by Gasteiger charge is 2.29. The number of rotatable bonds is 1. The molecule has 0 amide bonds. The summed E-state index contributed by atoms with van der Waals surface area (Å²) in [6.45, 7) is 0. The van der Waals surface area contributed by atoms with Crippen molar-refractivity contribution < 1.29 is 8.42 Å². The third-order valence-electron chi connectivity index (χ3n) is 2.99. The number of fused-ring (bicyclic) bond motifs is 1. The monoisotopic (exact) mass is 293 g/mol. The first-order valence-corrected chi connectivity index (χ1v) is 7.75. The summed E-state index contributed by atoms with van der Waals surface area (Å²) in [7, 11) is -1.47. The number of hydrogen-bond acceptors (Lipinski definition) is 3. The van der Waals surface area contributed by atoms with Crippen LogP contribution in [0.3, 0.4) is 0 Å². The highest BCUT2D eigenvalue weighted by molar-refractivity contribution is 7.91. The van der Waals surface area contributed by atoms with Crippen molar-refractivity contribution in [3.8, 4) is 0 Å². The van der Waals surface area contributed by atoms with Crippen molar-refractivity contribution in [1.29, 1.82) is 0 Å². The molecular formula is C11H13Cl2NO2S. The molecule has 1 N–H and O–H groups in total. The highest BCUT2D eigenvalue weighted by atomic mass is 35.5. The van der Waals surface area contributed by atoms with Crippen LogP contribution < -0.4 is 5.32 Å². The van der Waals surface area contributed by atoms with Gasteiger partial charge in [-0.3, -0.25) is 0 Å². The Morgan fingerprint density at radius 3 is 2.71 bits per heavy atom. The van der Waals surface area contributed by atoms with Gasteiger partial charge in [0.15, 0.2) is 9.84 Å². The number of benzene rings is 1. The fraction of sp³-hybridized carbons (Fsp3) is 0.455. The summed E-state index contributed by atoms with van der Waals surface area (Å²) in [6, 6.07) is 3.05. The molecule has 2 rings (SSSR count). The third-order valence-corrected chi connectivity index (χ3v) is 5.36. The Hall–Kier alpha value is -0.290. The van der Waals surface area contributed by atoms with Crippen molar-refractivity contribution in [2.45, 2.75) is 23.8 Å². The Bertz CT molecular complexity index is 543. The van der Waals surface area contributed by atoms with Gasteiger partial charge in [0.2, 0.25) is 0 Å². The number of sulfone groups is 1. The first kappa shape index (κ1) is 13.1. The molecule has 1 atom stereocenters. The van der Waals surface area contributed by atoms with Gasteiger partial charge in [-0.05, 0) is 32.0 Å². The molecule has 94 valence electrons. The Balaban J connectivity index is 2.74. The Labute approximate surface area is 111 Å². The van der Waals surface area contributed by atoms with Crippen molar-refractivity contribution in [3.63, 3.8) is 0 Å². The van der Waals surface area contributed by atoms with Crippen LogP contribution in [0.15, 0.2) is 17.0 Å². The molecule has 0 aliphatic carbocycles. The minimum atomic E-state index is -3.28. The number of hydrogen-bond donors (Lipinski definition) is 1. The lowest BCUT2D eigenvalue weighted by molar-refractivity contribution is 0.541. The molecule has 0 spiro atoms.